The van der Waals surface area contributed by atoms with Crippen molar-refractivity contribution >= 4 is 43.5 Å². The monoisotopic (exact) mass is 389 g/mol. The van der Waals surface area contributed by atoms with Crippen LogP contribution in [-0.4, -0.2) is 12.1 Å². The van der Waals surface area contributed by atoms with Gasteiger partial charge in [-0.25, -0.2) is 0 Å². The van der Waals surface area contributed by atoms with E-state index in [9.17, 15) is 0 Å². The molecule has 6 aromatic rings. The Bertz CT molecular complexity index is 1580. The van der Waals surface area contributed by atoms with E-state index in [2.05, 4.69) is 60.4 Å². The van der Waals surface area contributed by atoms with Gasteiger partial charge in [0.15, 0.2) is 0 Å². The van der Waals surface area contributed by atoms with Gasteiger partial charge in [0, 0.05) is 28.0 Å². The zero-order valence-electron chi connectivity index (χ0n) is 16.8. The molecule has 30 heavy (non-hydrogen) atoms. The summed E-state index contributed by atoms with van der Waals surface area (Å²) in [5.74, 6) is 0.852. The first-order valence-corrected chi connectivity index (χ1v) is 10.0. The molecule has 0 saturated heterocycles. The molecule has 0 atom stereocenters. The fourth-order valence-corrected chi connectivity index (χ4v) is 4.50. The number of methoxy groups -OCH3 is 1. The van der Waals surface area contributed by atoms with Crippen molar-refractivity contribution in [2.75, 3.05) is 7.11 Å². The first kappa shape index (κ1) is 17.0. The van der Waals surface area contributed by atoms with Gasteiger partial charge < -0.3 is 9.15 Å². The van der Waals surface area contributed by atoms with Crippen molar-refractivity contribution in [1.29, 1.82) is 0 Å². The minimum atomic E-state index is 0.852. The molecule has 0 spiro atoms. The molecule has 2 aromatic heterocycles. The second-order valence-electron chi connectivity index (χ2n) is 7.64. The highest BCUT2D eigenvalue weighted by molar-refractivity contribution is 6.19. The lowest BCUT2D eigenvalue weighted by Gasteiger charge is -2.13. The standard InChI is InChI=1S/C27H19NO2/c1-16-27-21(11-12-28-16)22-15-26-24(20-5-3-4-6-25(20)30-26)14-18(22)13-23(27)17-7-9-19(29-2)10-8-17/h3-15H,1-2H3. The van der Waals surface area contributed by atoms with E-state index in [1.54, 1.807) is 7.11 Å². The number of aromatic nitrogens is 1. The van der Waals surface area contributed by atoms with E-state index >= 15 is 0 Å². The number of rotatable bonds is 2. The predicted octanol–water partition coefficient (Wildman–Crippen LogP) is 7.27. The van der Waals surface area contributed by atoms with Gasteiger partial charge in [-0.15, -0.1) is 0 Å². The zero-order chi connectivity index (χ0) is 20.2. The normalized spacial score (nSPS) is 11.7. The number of aryl methyl sites for hydroxylation is 1. The molecule has 4 aromatic carbocycles. The molecule has 0 amide bonds. The zero-order valence-corrected chi connectivity index (χ0v) is 16.8. The van der Waals surface area contributed by atoms with Crippen LogP contribution in [0.1, 0.15) is 5.69 Å². The third-order valence-corrected chi connectivity index (χ3v) is 5.95. The third kappa shape index (κ3) is 2.42. The fourth-order valence-electron chi connectivity index (χ4n) is 4.50. The van der Waals surface area contributed by atoms with Crippen LogP contribution < -0.4 is 4.74 Å². The summed E-state index contributed by atoms with van der Waals surface area (Å²) >= 11 is 0. The molecule has 0 unspecified atom stereocenters. The third-order valence-electron chi connectivity index (χ3n) is 5.95. The largest absolute Gasteiger partial charge is 0.497 e. The molecule has 3 heteroatoms. The molecular formula is C27H19NO2. The van der Waals surface area contributed by atoms with E-state index in [0.29, 0.717) is 0 Å². The van der Waals surface area contributed by atoms with Crippen LogP contribution in [0, 0.1) is 6.92 Å². The van der Waals surface area contributed by atoms with E-state index in [1.165, 1.54) is 27.1 Å². The molecule has 0 aliphatic heterocycles. The summed E-state index contributed by atoms with van der Waals surface area (Å²) in [7, 11) is 1.69. The smallest absolute Gasteiger partial charge is 0.136 e. The average Bonchev–Trinajstić information content (AvgIpc) is 3.15. The Kier molecular flexibility index (Phi) is 3.59. The van der Waals surface area contributed by atoms with Gasteiger partial charge in [0.1, 0.15) is 16.9 Å². The maximum absolute atomic E-state index is 6.15. The molecule has 0 aliphatic rings. The molecule has 0 N–H and O–H groups in total. The quantitative estimate of drug-likeness (QED) is 0.292. The second-order valence-corrected chi connectivity index (χ2v) is 7.64. The van der Waals surface area contributed by atoms with E-state index in [0.717, 1.165) is 38.9 Å². The van der Waals surface area contributed by atoms with Crippen LogP contribution in [0.15, 0.2) is 83.4 Å². The summed E-state index contributed by atoms with van der Waals surface area (Å²) in [6, 6.07) is 25.2. The number of fused-ring (bicyclic) bond motifs is 6. The number of ether oxygens (including phenoxy) is 1. The Morgan fingerprint density at radius 1 is 0.767 bits per heavy atom. The van der Waals surface area contributed by atoms with Crippen molar-refractivity contribution in [3.63, 3.8) is 0 Å². The van der Waals surface area contributed by atoms with Crippen LogP contribution in [0.4, 0.5) is 0 Å². The van der Waals surface area contributed by atoms with Crippen LogP contribution in [0.3, 0.4) is 0 Å². The molecule has 6 rings (SSSR count). The maximum atomic E-state index is 6.15. The Hall–Kier alpha value is -3.85. The highest BCUT2D eigenvalue weighted by Crippen LogP contribution is 2.40. The van der Waals surface area contributed by atoms with E-state index < -0.39 is 0 Å². The highest BCUT2D eigenvalue weighted by Gasteiger charge is 2.14. The summed E-state index contributed by atoms with van der Waals surface area (Å²) in [6.07, 6.45) is 1.89. The predicted molar refractivity (Wildman–Crippen MR) is 123 cm³/mol. The number of hydrogen-bond donors (Lipinski definition) is 0. The van der Waals surface area contributed by atoms with Crippen LogP contribution in [0.2, 0.25) is 0 Å². The number of furan rings is 1. The summed E-state index contributed by atoms with van der Waals surface area (Å²) in [4.78, 5) is 4.58. The van der Waals surface area contributed by atoms with Gasteiger partial charge in [0.05, 0.1) is 7.11 Å². The van der Waals surface area contributed by atoms with Crippen molar-refractivity contribution in [2.45, 2.75) is 6.92 Å². The van der Waals surface area contributed by atoms with Gasteiger partial charge in [-0.05, 0) is 76.7 Å². The molecule has 144 valence electrons. The fraction of sp³-hybridized carbons (Fsp3) is 0.0741. The first-order valence-electron chi connectivity index (χ1n) is 10.0. The Labute approximate surface area is 173 Å². The summed E-state index contributed by atoms with van der Waals surface area (Å²) in [5.41, 5.74) is 5.18. The molecule has 0 bridgehead atoms. The summed E-state index contributed by atoms with van der Waals surface area (Å²) < 4.78 is 11.5. The summed E-state index contributed by atoms with van der Waals surface area (Å²) in [5, 5.41) is 7.02. The second kappa shape index (κ2) is 6.33. The molecule has 0 aliphatic carbocycles. The van der Waals surface area contributed by atoms with Crippen molar-refractivity contribution in [2.24, 2.45) is 0 Å². The topological polar surface area (TPSA) is 35.3 Å². The number of hydrogen-bond acceptors (Lipinski definition) is 3. The van der Waals surface area contributed by atoms with Crippen LogP contribution in [-0.2, 0) is 0 Å². The van der Waals surface area contributed by atoms with Gasteiger partial charge in [0.25, 0.3) is 0 Å². The Morgan fingerprint density at radius 2 is 1.60 bits per heavy atom. The molecular weight excluding hydrogens is 370 g/mol. The van der Waals surface area contributed by atoms with E-state index in [1.807, 2.05) is 30.5 Å². The van der Waals surface area contributed by atoms with Crippen molar-refractivity contribution in [1.82, 2.24) is 4.98 Å². The van der Waals surface area contributed by atoms with Gasteiger partial charge in [-0.1, -0.05) is 30.3 Å². The lowest BCUT2D eigenvalue weighted by molar-refractivity contribution is 0.415. The van der Waals surface area contributed by atoms with Crippen LogP contribution in [0.5, 0.6) is 5.75 Å². The molecule has 0 fully saturated rings. The Morgan fingerprint density at radius 3 is 2.43 bits per heavy atom. The minimum Gasteiger partial charge on any atom is -0.497 e. The van der Waals surface area contributed by atoms with Crippen molar-refractivity contribution < 1.29 is 9.15 Å². The van der Waals surface area contributed by atoms with Crippen LogP contribution in [0.25, 0.3) is 54.6 Å². The maximum Gasteiger partial charge on any atom is 0.136 e. The minimum absolute atomic E-state index is 0.852. The molecule has 3 nitrogen and oxygen atoms in total. The SMILES string of the molecule is COc1ccc(-c2cc3cc4c(cc3c3ccnc(C)c23)oc2ccccc24)cc1. The highest BCUT2D eigenvalue weighted by atomic mass is 16.5. The van der Waals surface area contributed by atoms with E-state index in [4.69, 9.17) is 9.15 Å². The van der Waals surface area contributed by atoms with Gasteiger partial charge in [0.2, 0.25) is 0 Å². The van der Waals surface area contributed by atoms with Crippen molar-refractivity contribution in [3.05, 3.63) is 84.7 Å². The number of nitrogens with zero attached hydrogens (tertiary/aromatic N) is 1. The number of benzene rings is 4. The summed E-state index contributed by atoms with van der Waals surface area (Å²) in [6.45, 7) is 2.07. The van der Waals surface area contributed by atoms with Gasteiger partial charge in [-0.3, -0.25) is 4.98 Å². The van der Waals surface area contributed by atoms with Crippen molar-refractivity contribution in [3.8, 4) is 16.9 Å². The molecule has 0 saturated carbocycles. The molecule has 0 radical (unpaired) electrons. The Balaban J connectivity index is 1.75. The number of pyridine rings is 1. The lowest BCUT2D eigenvalue weighted by Crippen LogP contribution is -1.90. The molecule has 2 heterocycles. The van der Waals surface area contributed by atoms with Gasteiger partial charge >= 0.3 is 0 Å². The lowest BCUT2D eigenvalue weighted by atomic mass is 9.92. The van der Waals surface area contributed by atoms with Crippen LogP contribution >= 0.6 is 0 Å². The van der Waals surface area contributed by atoms with Gasteiger partial charge in [-0.2, -0.15) is 0 Å². The number of para-hydroxylation sites is 1. The average molecular weight is 389 g/mol. The first-order chi connectivity index (χ1) is 14.7. The van der Waals surface area contributed by atoms with E-state index in [-0.39, 0.29) is 0 Å².